The van der Waals surface area contributed by atoms with Gasteiger partial charge in [-0.2, -0.15) is 0 Å². The molecule has 1 aromatic carbocycles. The van der Waals surface area contributed by atoms with Crippen molar-refractivity contribution in [1.82, 2.24) is 15.3 Å². The Balaban J connectivity index is 2.29. The van der Waals surface area contributed by atoms with Crippen LogP contribution in [0.3, 0.4) is 0 Å². The Morgan fingerprint density at radius 2 is 2.16 bits per heavy atom. The van der Waals surface area contributed by atoms with E-state index < -0.39 is 0 Å². The van der Waals surface area contributed by atoms with Gasteiger partial charge in [0.25, 0.3) is 0 Å². The molecule has 104 valence electrons. The molecule has 0 amide bonds. The van der Waals surface area contributed by atoms with Crippen LogP contribution in [0.25, 0.3) is 11.0 Å². The van der Waals surface area contributed by atoms with E-state index in [0.717, 1.165) is 23.3 Å². The second-order valence-corrected chi connectivity index (χ2v) is 6.01. The standard InChI is InChI=1S/C15H24N4/c1-10-18-12-6-5-11(7-13(12)19-10)14(17-4)8-15(2,3)9-16/h5-7,14,17H,8-9,16H2,1-4H3,(H,18,19). The lowest BCUT2D eigenvalue weighted by atomic mass is 9.83. The average Bonchev–Trinajstić information content (AvgIpc) is 2.75. The van der Waals surface area contributed by atoms with Gasteiger partial charge in [0.1, 0.15) is 5.82 Å². The van der Waals surface area contributed by atoms with Crippen molar-refractivity contribution in [3.05, 3.63) is 29.6 Å². The molecule has 2 aromatic rings. The fourth-order valence-corrected chi connectivity index (χ4v) is 2.39. The van der Waals surface area contributed by atoms with Crippen LogP contribution < -0.4 is 11.1 Å². The lowest BCUT2D eigenvalue weighted by Crippen LogP contribution is -2.30. The first-order chi connectivity index (χ1) is 8.95. The molecule has 1 unspecified atom stereocenters. The van der Waals surface area contributed by atoms with Crippen LogP contribution in [-0.2, 0) is 0 Å². The van der Waals surface area contributed by atoms with Gasteiger partial charge >= 0.3 is 0 Å². The van der Waals surface area contributed by atoms with Gasteiger partial charge in [-0.15, -0.1) is 0 Å². The number of fused-ring (bicyclic) bond motifs is 1. The summed E-state index contributed by atoms with van der Waals surface area (Å²) < 4.78 is 0. The van der Waals surface area contributed by atoms with Crippen LogP contribution in [0.5, 0.6) is 0 Å². The Hall–Kier alpha value is -1.39. The first-order valence-electron chi connectivity index (χ1n) is 6.79. The number of imidazole rings is 1. The summed E-state index contributed by atoms with van der Waals surface area (Å²) in [6, 6.07) is 6.72. The maximum Gasteiger partial charge on any atom is 0.104 e. The predicted molar refractivity (Wildman–Crippen MR) is 80.1 cm³/mol. The lowest BCUT2D eigenvalue weighted by molar-refractivity contribution is 0.299. The summed E-state index contributed by atoms with van der Waals surface area (Å²) in [5, 5.41) is 3.39. The monoisotopic (exact) mass is 260 g/mol. The zero-order valence-corrected chi connectivity index (χ0v) is 12.2. The van der Waals surface area contributed by atoms with Crippen LogP contribution in [0, 0.1) is 12.3 Å². The maximum absolute atomic E-state index is 5.84. The van der Waals surface area contributed by atoms with E-state index in [9.17, 15) is 0 Å². The van der Waals surface area contributed by atoms with Crippen LogP contribution >= 0.6 is 0 Å². The summed E-state index contributed by atoms with van der Waals surface area (Å²) in [5.41, 5.74) is 9.37. The fourth-order valence-electron chi connectivity index (χ4n) is 2.39. The van der Waals surface area contributed by atoms with Crippen LogP contribution in [0.4, 0.5) is 0 Å². The number of nitrogens with two attached hydrogens (primary N) is 1. The van der Waals surface area contributed by atoms with E-state index in [1.807, 2.05) is 14.0 Å². The van der Waals surface area contributed by atoms with Crippen molar-refractivity contribution in [3.63, 3.8) is 0 Å². The highest BCUT2D eigenvalue weighted by Crippen LogP contribution is 2.30. The van der Waals surface area contributed by atoms with Gasteiger partial charge < -0.3 is 16.0 Å². The third-order valence-electron chi connectivity index (χ3n) is 3.68. The fraction of sp³-hybridized carbons (Fsp3) is 0.533. The smallest absolute Gasteiger partial charge is 0.104 e. The molecular weight excluding hydrogens is 236 g/mol. The van der Waals surface area contributed by atoms with E-state index in [4.69, 9.17) is 5.73 Å². The van der Waals surface area contributed by atoms with Gasteiger partial charge in [-0.1, -0.05) is 19.9 Å². The van der Waals surface area contributed by atoms with E-state index in [1.54, 1.807) is 0 Å². The van der Waals surface area contributed by atoms with E-state index >= 15 is 0 Å². The molecule has 0 saturated carbocycles. The van der Waals surface area contributed by atoms with Gasteiger partial charge in [0.15, 0.2) is 0 Å². The molecule has 19 heavy (non-hydrogen) atoms. The number of benzene rings is 1. The van der Waals surface area contributed by atoms with Crippen LogP contribution in [0.15, 0.2) is 18.2 Å². The zero-order chi connectivity index (χ0) is 14.0. The van der Waals surface area contributed by atoms with Gasteiger partial charge in [0.2, 0.25) is 0 Å². The molecule has 0 aliphatic rings. The molecule has 0 fully saturated rings. The molecule has 1 atom stereocenters. The first kappa shape index (κ1) is 14.0. The second kappa shape index (κ2) is 5.31. The third kappa shape index (κ3) is 3.14. The summed E-state index contributed by atoms with van der Waals surface area (Å²) in [4.78, 5) is 7.73. The SMILES string of the molecule is CNC(CC(C)(C)CN)c1ccc2nc(C)[nH]c2c1. The van der Waals surface area contributed by atoms with Crippen molar-refractivity contribution in [1.29, 1.82) is 0 Å². The molecule has 4 N–H and O–H groups in total. The highest BCUT2D eigenvalue weighted by atomic mass is 14.9. The minimum atomic E-state index is 0.131. The third-order valence-corrected chi connectivity index (χ3v) is 3.68. The van der Waals surface area contributed by atoms with Gasteiger partial charge in [0, 0.05) is 6.04 Å². The first-order valence-corrected chi connectivity index (χ1v) is 6.79. The Morgan fingerprint density at radius 1 is 1.42 bits per heavy atom. The van der Waals surface area contributed by atoms with E-state index in [2.05, 4.69) is 47.3 Å². The highest BCUT2D eigenvalue weighted by molar-refractivity contribution is 5.76. The number of H-pyrrole nitrogens is 1. The normalized spacial score (nSPS) is 13.9. The summed E-state index contributed by atoms with van der Waals surface area (Å²) in [7, 11) is 2.00. The van der Waals surface area contributed by atoms with E-state index in [-0.39, 0.29) is 5.41 Å². The summed E-state index contributed by atoms with van der Waals surface area (Å²) in [5.74, 6) is 0.954. The number of aryl methyl sites for hydroxylation is 1. The molecular formula is C15H24N4. The summed E-state index contributed by atoms with van der Waals surface area (Å²) in [6.45, 7) is 7.08. The van der Waals surface area contributed by atoms with Crippen LogP contribution in [-0.4, -0.2) is 23.6 Å². The van der Waals surface area contributed by atoms with Crippen molar-refractivity contribution < 1.29 is 0 Å². The van der Waals surface area contributed by atoms with Crippen LogP contribution in [0.1, 0.15) is 37.7 Å². The molecule has 4 heteroatoms. The molecule has 4 nitrogen and oxygen atoms in total. The van der Waals surface area contributed by atoms with Crippen molar-refractivity contribution >= 4 is 11.0 Å². The van der Waals surface area contributed by atoms with Crippen molar-refractivity contribution in [2.75, 3.05) is 13.6 Å². The maximum atomic E-state index is 5.84. The minimum absolute atomic E-state index is 0.131. The lowest BCUT2D eigenvalue weighted by Gasteiger charge is -2.28. The second-order valence-electron chi connectivity index (χ2n) is 6.01. The molecule has 0 saturated heterocycles. The number of nitrogens with one attached hydrogen (secondary N) is 2. The van der Waals surface area contributed by atoms with Crippen molar-refractivity contribution in [2.24, 2.45) is 11.1 Å². The largest absolute Gasteiger partial charge is 0.342 e. The Kier molecular flexibility index (Phi) is 3.92. The topological polar surface area (TPSA) is 66.7 Å². The van der Waals surface area contributed by atoms with Crippen molar-refractivity contribution in [3.8, 4) is 0 Å². The number of rotatable bonds is 5. The Labute approximate surface area is 114 Å². The van der Waals surface area contributed by atoms with E-state index in [1.165, 1.54) is 5.56 Å². The number of aromatic amines is 1. The summed E-state index contributed by atoms with van der Waals surface area (Å²) in [6.07, 6.45) is 1.01. The molecule has 0 aliphatic carbocycles. The van der Waals surface area contributed by atoms with Gasteiger partial charge in [-0.3, -0.25) is 0 Å². The molecule has 0 radical (unpaired) electrons. The number of hydrogen-bond donors (Lipinski definition) is 3. The predicted octanol–water partition coefficient (Wildman–Crippen LogP) is 2.51. The summed E-state index contributed by atoms with van der Waals surface area (Å²) >= 11 is 0. The molecule has 1 heterocycles. The molecule has 1 aromatic heterocycles. The molecule has 2 rings (SSSR count). The number of hydrogen-bond acceptors (Lipinski definition) is 3. The van der Waals surface area contributed by atoms with Gasteiger partial charge in [-0.05, 0) is 50.0 Å². The number of nitrogens with zero attached hydrogens (tertiary/aromatic N) is 1. The Bertz CT molecular complexity index is 556. The number of aromatic nitrogens is 2. The van der Waals surface area contributed by atoms with Crippen LogP contribution in [0.2, 0.25) is 0 Å². The van der Waals surface area contributed by atoms with Gasteiger partial charge in [-0.25, -0.2) is 4.98 Å². The van der Waals surface area contributed by atoms with Crippen molar-refractivity contribution in [2.45, 2.75) is 33.2 Å². The van der Waals surface area contributed by atoms with E-state index in [0.29, 0.717) is 12.6 Å². The Morgan fingerprint density at radius 3 is 2.79 bits per heavy atom. The highest BCUT2D eigenvalue weighted by Gasteiger charge is 2.22. The molecule has 0 bridgehead atoms. The average molecular weight is 260 g/mol. The quantitative estimate of drug-likeness (QED) is 0.774. The zero-order valence-electron chi connectivity index (χ0n) is 12.2. The molecule has 0 aliphatic heterocycles. The van der Waals surface area contributed by atoms with Gasteiger partial charge in [0.05, 0.1) is 11.0 Å². The molecule has 0 spiro atoms. The minimum Gasteiger partial charge on any atom is -0.342 e.